The van der Waals surface area contributed by atoms with E-state index in [1.54, 1.807) is 0 Å². The molecule has 0 aliphatic heterocycles. The Morgan fingerprint density at radius 3 is 2.39 bits per heavy atom. The van der Waals surface area contributed by atoms with Gasteiger partial charge in [-0.2, -0.15) is 0 Å². The predicted octanol–water partition coefficient (Wildman–Crippen LogP) is 1.59. The van der Waals surface area contributed by atoms with E-state index in [4.69, 9.17) is 10.5 Å². The Labute approximate surface area is 134 Å². The summed E-state index contributed by atoms with van der Waals surface area (Å²) in [5.41, 5.74) is 5.56. The molecule has 0 saturated carbocycles. The molecule has 0 fully saturated rings. The van der Waals surface area contributed by atoms with Gasteiger partial charge in [-0.25, -0.2) is 4.39 Å². The van der Waals surface area contributed by atoms with Gasteiger partial charge in [0.1, 0.15) is 5.82 Å². The predicted molar refractivity (Wildman–Crippen MR) is 81.6 cm³/mol. The van der Waals surface area contributed by atoms with Gasteiger partial charge >= 0.3 is 5.97 Å². The molecule has 0 saturated heterocycles. The average Bonchev–Trinajstić information content (AvgIpc) is 2.49. The fourth-order valence-electron chi connectivity index (χ4n) is 1.95. The highest BCUT2D eigenvalue weighted by atomic mass is 19.1. The Kier molecular flexibility index (Phi) is 7.73. The zero-order valence-corrected chi connectivity index (χ0v) is 13.0. The van der Waals surface area contributed by atoms with Crippen molar-refractivity contribution < 1.29 is 23.5 Å². The van der Waals surface area contributed by atoms with Crippen molar-refractivity contribution in [1.29, 1.82) is 0 Å². The van der Waals surface area contributed by atoms with Crippen LogP contribution < -0.4 is 11.1 Å². The standard InChI is InChI=1S/C16H21FN2O4/c1-11(20)19-10-4-2-3-5-14(21)23-15(16(18)22)12-6-8-13(17)9-7-12/h6-9,15H,2-5,10H2,1H3,(H2,18,22)(H,19,20). The van der Waals surface area contributed by atoms with E-state index in [1.807, 2.05) is 0 Å². The zero-order chi connectivity index (χ0) is 17.2. The molecule has 0 aliphatic carbocycles. The maximum absolute atomic E-state index is 12.9. The summed E-state index contributed by atoms with van der Waals surface area (Å²) in [6.45, 7) is 2.00. The molecule has 1 atom stereocenters. The van der Waals surface area contributed by atoms with Crippen LogP contribution in [0, 0.1) is 5.82 Å². The highest BCUT2D eigenvalue weighted by molar-refractivity contribution is 5.83. The van der Waals surface area contributed by atoms with Gasteiger partial charge in [-0.15, -0.1) is 0 Å². The van der Waals surface area contributed by atoms with Gasteiger partial charge in [0.05, 0.1) is 0 Å². The van der Waals surface area contributed by atoms with Crippen molar-refractivity contribution >= 4 is 17.8 Å². The van der Waals surface area contributed by atoms with E-state index in [0.717, 1.165) is 12.8 Å². The van der Waals surface area contributed by atoms with Crippen molar-refractivity contribution in [1.82, 2.24) is 5.32 Å². The summed E-state index contributed by atoms with van der Waals surface area (Å²) >= 11 is 0. The van der Waals surface area contributed by atoms with Crippen LogP contribution in [0.5, 0.6) is 0 Å². The summed E-state index contributed by atoms with van der Waals surface area (Å²) in [5, 5.41) is 2.66. The smallest absolute Gasteiger partial charge is 0.306 e. The van der Waals surface area contributed by atoms with Gasteiger partial charge in [0.15, 0.2) is 0 Å². The molecule has 1 unspecified atom stereocenters. The number of benzene rings is 1. The zero-order valence-electron chi connectivity index (χ0n) is 13.0. The van der Waals surface area contributed by atoms with Crippen LogP contribution in [0.4, 0.5) is 4.39 Å². The lowest BCUT2D eigenvalue weighted by atomic mass is 10.1. The number of halogens is 1. The normalized spacial score (nSPS) is 11.6. The Bertz CT molecular complexity index is 546. The third-order valence-corrected chi connectivity index (χ3v) is 3.11. The van der Waals surface area contributed by atoms with Crippen molar-refractivity contribution in [3.05, 3.63) is 35.6 Å². The quantitative estimate of drug-likeness (QED) is 0.532. The SMILES string of the molecule is CC(=O)NCCCCCC(=O)OC(C(N)=O)c1ccc(F)cc1. The minimum Gasteiger partial charge on any atom is -0.447 e. The molecule has 23 heavy (non-hydrogen) atoms. The molecular weight excluding hydrogens is 303 g/mol. The van der Waals surface area contributed by atoms with E-state index in [-0.39, 0.29) is 12.3 Å². The van der Waals surface area contributed by atoms with Crippen LogP contribution in [0.3, 0.4) is 0 Å². The van der Waals surface area contributed by atoms with Crippen LogP contribution in [0.1, 0.15) is 44.3 Å². The van der Waals surface area contributed by atoms with Crippen molar-refractivity contribution in [2.45, 2.75) is 38.7 Å². The molecule has 126 valence electrons. The molecule has 0 aliphatic rings. The Balaban J connectivity index is 2.39. The largest absolute Gasteiger partial charge is 0.447 e. The number of hydrogen-bond donors (Lipinski definition) is 2. The molecule has 2 amide bonds. The number of unbranched alkanes of at least 4 members (excludes halogenated alkanes) is 2. The number of carbonyl (C=O) groups is 3. The summed E-state index contributed by atoms with van der Waals surface area (Å²) in [7, 11) is 0. The maximum Gasteiger partial charge on any atom is 0.306 e. The van der Waals surface area contributed by atoms with E-state index in [1.165, 1.54) is 31.2 Å². The summed E-state index contributed by atoms with van der Waals surface area (Å²) in [6, 6.07) is 5.04. The first-order valence-corrected chi connectivity index (χ1v) is 7.39. The number of amides is 2. The van der Waals surface area contributed by atoms with E-state index in [0.29, 0.717) is 18.5 Å². The molecular formula is C16H21FN2O4. The molecule has 6 nitrogen and oxygen atoms in total. The second-order valence-corrected chi connectivity index (χ2v) is 5.12. The van der Waals surface area contributed by atoms with Crippen LogP contribution in [-0.2, 0) is 19.1 Å². The Morgan fingerprint density at radius 1 is 1.17 bits per heavy atom. The third kappa shape index (κ3) is 7.39. The van der Waals surface area contributed by atoms with Crippen LogP contribution in [0.25, 0.3) is 0 Å². The van der Waals surface area contributed by atoms with Gasteiger partial charge in [-0.3, -0.25) is 14.4 Å². The number of nitrogens with two attached hydrogens (primary N) is 1. The number of esters is 1. The molecule has 0 radical (unpaired) electrons. The second-order valence-electron chi connectivity index (χ2n) is 5.12. The van der Waals surface area contributed by atoms with Gasteiger partial charge in [0, 0.05) is 25.5 Å². The molecule has 3 N–H and O–H groups in total. The molecule has 0 heterocycles. The van der Waals surface area contributed by atoms with Crippen LogP contribution in [0.2, 0.25) is 0 Å². The number of carbonyl (C=O) groups excluding carboxylic acids is 3. The van der Waals surface area contributed by atoms with Crippen LogP contribution in [-0.4, -0.2) is 24.3 Å². The first kappa shape index (κ1) is 18.6. The monoisotopic (exact) mass is 324 g/mol. The number of primary amides is 1. The minimum absolute atomic E-state index is 0.0898. The van der Waals surface area contributed by atoms with Crippen LogP contribution in [0.15, 0.2) is 24.3 Å². The Hall–Kier alpha value is -2.44. The lowest BCUT2D eigenvalue weighted by Crippen LogP contribution is -2.26. The van der Waals surface area contributed by atoms with Gasteiger partial charge < -0.3 is 15.8 Å². The molecule has 0 bridgehead atoms. The summed E-state index contributed by atoms with van der Waals surface area (Å²) in [5.74, 6) is -1.90. The van der Waals surface area contributed by atoms with Crippen LogP contribution >= 0.6 is 0 Å². The molecule has 1 rings (SSSR count). The van der Waals surface area contributed by atoms with Gasteiger partial charge in [-0.05, 0) is 25.0 Å². The summed E-state index contributed by atoms with van der Waals surface area (Å²) < 4.78 is 18.0. The van der Waals surface area contributed by atoms with E-state index < -0.39 is 23.8 Å². The molecule has 1 aromatic rings. The van der Waals surface area contributed by atoms with Gasteiger partial charge in [0.2, 0.25) is 12.0 Å². The molecule has 0 aromatic heterocycles. The number of nitrogens with one attached hydrogen (secondary N) is 1. The number of rotatable bonds is 9. The highest BCUT2D eigenvalue weighted by Gasteiger charge is 2.22. The first-order chi connectivity index (χ1) is 10.9. The highest BCUT2D eigenvalue weighted by Crippen LogP contribution is 2.19. The molecule has 7 heteroatoms. The number of hydrogen-bond acceptors (Lipinski definition) is 4. The van der Waals surface area contributed by atoms with Crippen molar-refractivity contribution in [2.75, 3.05) is 6.54 Å². The van der Waals surface area contributed by atoms with Crippen molar-refractivity contribution in [3.8, 4) is 0 Å². The van der Waals surface area contributed by atoms with Gasteiger partial charge in [-0.1, -0.05) is 18.6 Å². The minimum atomic E-state index is -1.22. The fraction of sp³-hybridized carbons (Fsp3) is 0.438. The summed E-state index contributed by atoms with van der Waals surface area (Å²) in [6.07, 6.45) is 0.998. The second kappa shape index (κ2) is 9.55. The fourth-order valence-corrected chi connectivity index (χ4v) is 1.95. The molecule has 0 spiro atoms. The van der Waals surface area contributed by atoms with Crippen molar-refractivity contribution in [2.24, 2.45) is 5.73 Å². The lowest BCUT2D eigenvalue weighted by molar-refractivity contribution is -0.155. The first-order valence-electron chi connectivity index (χ1n) is 7.39. The van der Waals surface area contributed by atoms with E-state index in [9.17, 15) is 18.8 Å². The number of ether oxygens (including phenoxy) is 1. The summed E-state index contributed by atoms with van der Waals surface area (Å²) in [4.78, 5) is 33.8. The maximum atomic E-state index is 12.9. The topological polar surface area (TPSA) is 98.5 Å². The molecule has 1 aromatic carbocycles. The lowest BCUT2D eigenvalue weighted by Gasteiger charge is -2.15. The average molecular weight is 324 g/mol. The Morgan fingerprint density at radius 2 is 1.83 bits per heavy atom. The van der Waals surface area contributed by atoms with E-state index in [2.05, 4.69) is 5.32 Å². The van der Waals surface area contributed by atoms with Crippen molar-refractivity contribution in [3.63, 3.8) is 0 Å². The van der Waals surface area contributed by atoms with E-state index >= 15 is 0 Å². The van der Waals surface area contributed by atoms with Gasteiger partial charge in [0.25, 0.3) is 5.91 Å². The third-order valence-electron chi connectivity index (χ3n) is 3.11.